The van der Waals surface area contributed by atoms with E-state index in [4.69, 9.17) is 24.1 Å². The zero-order valence-corrected chi connectivity index (χ0v) is 37.0. The average Bonchev–Trinajstić information content (AvgIpc) is 3.73. The van der Waals surface area contributed by atoms with Crippen molar-refractivity contribution in [3.05, 3.63) is 47.7 Å². The molecule has 3 fully saturated rings. The number of imide groups is 1. The molecule has 0 unspecified atom stereocenters. The first kappa shape index (κ1) is 42.8. The Morgan fingerprint density at radius 2 is 1.71 bits per heavy atom. The third kappa shape index (κ3) is 7.68. The van der Waals surface area contributed by atoms with Gasteiger partial charge in [0, 0.05) is 57.7 Å². The van der Waals surface area contributed by atoms with Gasteiger partial charge in [-0.1, -0.05) is 54.5 Å². The van der Waals surface area contributed by atoms with Crippen LogP contribution in [0, 0.1) is 17.6 Å². The number of aromatic nitrogens is 3. The number of nitrogens with zero attached hydrogens (tertiary/aromatic N) is 6. The van der Waals surface area contributed by atoms with Crippen molar-refractivity contribution in [2.24, 2.45) is 5.92 Å². The standard InChI is InChI=1S/C45H59F3N6O4Si/c1-10-34-37(47)13-12-31-20-33(58-59(26(2)3,27(4)5)28(6)7)21-35(38(31)34)40-39(48)41-36(23-49-40)42(53-18-14-30(15-19-53)43(56)52(9)29(8)55)51-44(50-41)57-25-45-16-11-17-54(45)24-32(46)22-45/h12-13,20-21,23,26-28,30,32H,10-11,14-19,22,24-25H2,1-9H3/t32-,45+/m1/s1. The summed E-state index contributed by atoms with van der Waals surface area (Å²) < 4.78 is 61.5. The molecule has 0 aliphatic carbocycles. The molecule has 10 nitrogen and oxygen atoms in total. The van der Waals surface area contributed by atoms with E-state index >= 15 is 8.78 Å². The number of halogens is 3. The first-order valence-corrected chi connectivity index (χ1v) is 23.5. The lowest BCUT2D eigenvalue weighted by Crippen LogP contribution is -2.50. The molecule has 14 heteroatoms. The second-order valence-corrected chi connectivity index (χ2v) is 23.3. The number of carbonyl (C=O) groups excluding carboxylic acids is 2. The molecule has 2 aromatic heterocycles. The van der Waals surface area contributed by atoms with Crippen LogP contribution in [-0.2, 0) is 16.0 Å². The minimum atomic E-state index is -2.46. The van der Waals surface area contributed by atoms with Crippen LogP contribution in [0.5, 0.6) is 11.8 Å². The maximum Gasteiger partial charge on any atom is 0.319 e. The summed E-state index contributed by atoms with van der Waals surface area (Å²) in [7, 11) is -0.970. The molecule has 3 saturated heterocycles. The van der Waals surface area contributed by atoms with Gasteiger partial charge in [0.1, 0.15) is 41.4 Å². The highest BCUT2D eigenvalue weighted by atomic mass is 28.4. The molecule has 5 heterocycles. The highest BCUT2D eigenvalue weighted by Crippen LogP contribution is 2.46. The van der Waals surface area contributed by atoms with E-state index in [0.717, 1.165) is 29.7 Å². The van der Waals surface area contributed by atoms with E-state index in [1.807, 2.05) is 24.0 Å². The molecule has 3 aliphatic rings. The second kappa shape index (κ2) is 16.6. The van der Waals surface area contributed by atoms with Gasteiger partial charge in [-0.05, 0) is 89.8 Å². The summed E-state index contributed by atoms with van der Waals surface area (Å²) in [6.45, 7) is 18.6. The Bertz CT molecular complexity index is 2230. The van der Waals surface area contributed by atoms with Crippen molar-refractivity contribution in [2.75, 3.05) is 44.7 Å². The van der Waals surface area contributed by atoms with Crippen molar-refractivity contribution < 1.29 is 31.9 Å². The number of fused-ring (bicyclic) bond motifs is 3. The number of benzene rings is 2. The van der Waals surface area contributed by atoms with Crippen LogP contribution in [-0.4, -0.2) is 96.4 Å². The Morgan fingerprint density at radius 3 is 2.36 bits per heavy atom. The number of carbonyl (C=O) groups is 2. The minimum Gasteiger partial charge on any atom is -0.543 e. The van der Waals surface area contributed by atoms with Crippen molar-refractivity contribution in [2.45, 2.75) is 122 Å². The molecule has 2 aromatic carbocycles. The molecule has 0 N–H and O–H groups in total. The number of alkyl halides is 1. The molecule has 7 rings (SSSR count). The van der Waals surface area contributed by atoms with Crippen LogP contribution in [0.15, 0.2) is 30.5 Å². The van der Waals surface area contributed by atoms with Gasteiger partial charge < -0.3 is 14.1 Å². The number of rotatable bonds is 12. The normalized spacial score (nSPS) is 20.4. The third-order valence-electron chi connectivity index (χ3n) is 13.6. The Hall–Kier alpha value is -4.30. The molecule has 2 atom stereocenters. The van der Waals surface area contributed by atoms with Gasteiger partial charge in [-0.3, -0.25) is 24.4 Å². The molecule has 0 saturated carbocycles. The highest BCUT2D eigenvalue weighted by molar-refractivity contribution is 6.78. The van der Waals surface area contributed by atoms with Gasteiger partial charge in [0.05, 0.1) is 10.9 Å². The monoisotopic (exact) mass is 832 g/mol. The zero-order valence-electron chi connectivity index (χ0n) is 36.0. The van der Waals surface area contributed by atoms with E-state index in [1.165, 1.54) is 20.0 Å². The van der Waals surface area contributed by atoms with E-state index in [0.29, 0.717) is 78.8 Å². The molecule has 59 heavy (non-hydrogen) atoms. The molecule has 3 aliphatic heterocycles. The summed E-state index contributed by atoms with van der Waals surface area (Å²) in [4.78, 5) is 44.6. The summed E-state index contributed by atoms with van der Waals surface area (Å²) >= 11 is 0. The molecular weight excluding hydrogens is 774 g/mol. The van der Waals surface area contributed by atoms with Crippen molar-refractivity contribution in [1.82, 2.24) is 24.8 Å². The first-order valence-electron chi connectivity index (χ1n) is 21.4. The number of piperidine rings is 1. The largest absolute Gasteiger partial charge is 0.543 e. The molecule has 0 bridgehead atoms. The van der Waals surface area contributed by atoms with Crippen LogP contribution in [0.2, 0.25) is 16.6 Å². The predicted octanol–water partition coefficient (Wildman–Crippen LogP) is 9.42. The van der Waals surface area contributed by atoms with Gasteiger partial charge in [0.2, 0.25) is 11.8 Å². The lowest BCUT2D eigenvalue weighted by Gasteiger charge is -2.42. The summed E-state index contributed by atoms with van der Waals surface area (Å²) in [5.41, 5.74) is 1.20. The lowest BCUT2D eigenvalue weighted by atomic mass is 9.94. The summed E-state index contributed by atoms with van der Waals surface area (Å²) in [6.07, 6.45) is 3.96. The molecule has 0 radical (unpaired) electrons. The van der Waals surface area contributed by atoms with E-state index in [-0.39, 0.29) is 64.0 Å². The quantitative estimate of drug-likeness (QED) is 0.129. The Balaban J connectivity index is 1.37. The fourth-order valence-corrected chi connectivity index (χ4v) is 15.8. The molecule has 318 valence electrons. The topological polar surface area (TPSA) is 101 Å². The lowest BCUT2D eigenvalue weighted by molar-refractivity contribution is -0.145. The van der Waals surface area contributed by atoms with Gasteiger partial charge in [0.25, 0.3) is 8.32 Å². The smallest absolute Gasteiger partial charge is 0.319 e. The van der Waals surface area contributed by atoms with Crippen LogP contribution in [0.4, 0.5) is 19.0 Å². The van der Waals surface area contributed by atoms with Gasteiger partial charge in [-0.2, -0.15) is 9.97 Å². The van der Waals surface area contributed by atoms with Crippen LogP contribution in [0.25, 0.3) is 32.9 Å². The fourth-order valence-electron chi connectivity index (χ4n) is 10.6. The third-order valence-corrected chi connectivity index (χ3v) is 19.6. The molecular formula is C45H59F3N6O4Si. The number of aryl methyl sites for hydroxylation is 1. The number of pyridine rings is 1. The molecule has 4 aromatic rings. The molecule has 0 spiro atoms. The first-order chi connectivity index (χ1) is 28.0. The Morgan fingerprint density at radius 1 is 1.02 bits per heavy atom. The van der Waals surface area contributed by atoms with Crippen molar-refractivity contribution in [1.29, 1.82) is 0 Å². The fraction of sp³-hybridized carbons (Fsp3) is 0.578. The second-order valence-electron chi connectivity index (χ2n) is 17.9. The van der Waals surface area contributed by atoms with Gasteiger partial charge in [-0.15, -0.1) is 0 Å². The van der Waals surface area contributed by atoms with Crippen molar-refractivity contribution >= 4 is 47.6 Å². The maximum atomic E-state index is 17.6. The minimum absolute atomic E-state index is 0.00274. The van der Waals surface area contributed by atoms with Crippen LogP contribution in [0.3, 0.4) is 0 Å². The van der Waals surface area contributed by atoms with E-state index in [1.54, 1.807) is 12.3 Å². The van der Waals surface area contributed by atoms with Gasteiger partial charge in [-0.25, -0.2) is 13.2 Å². The number of hydrogen-bond donors (Lipinski definition) is 0. The van der Waals surface area contributed by atoms with Gasteiger partial charge in [0.15, 0.2) is 5.82 Å². The summed E-state index contributed by atoms with van der Waals surface area (Å²) in [5, 5.41) is 1.64. The molecule has 2 amide bonds. The average molecular weight is 833 g/mol. The zero-order chi connectivity index (χ0) is 42.6. The number of anilines is 1. The predicted molar refractivity (Wildman–Crippen MR) is 228 cm³/mol. The van der Waals surface area contributed by atoms with Crippen molar-refractivity contribution in [3.8, 4) is 23.0 Å². The summed E-state index contributed by atoms with van der Waals surface area (Å²) in [6, 6.07) is 6.89. The Kier molecular flexibility index (Phi) is 12.1. The maximum absolute atomic E-state index is 17.6. The highest BCUT2D eigenvalue weighted by Gasteiger charge is 2.50. The Labute approximate surface area is 347 Å². The van der Waals surface area contributed by atoms with Gasteiger partial charge >= 0.3 is 6.01 Å². The SMILES string of the molecule is CCc1c(F)ccc2cc(O[Si](C(C)C)(C(C)C)C(C)C)cc(-c3ncc4c(N5CCC(C(=O)N(C)C(C)=O)CC5)nc(OC[C@@]56CCCN5C[C@H](F)C6)nc4c3F)c12. The van der Waals surface area contributed by atoms with Crippen LogP contribution in [0.1, 0.15) is 93.1 Å². The van der Waals surface area contributed by atoms with Crippen molar-refractivity contribution in [3.63, 3.8) is 0 Å². The van der Waals surface area contributed by atoms with E-state index in [2.05, 4.69) is 46.4 Å². The van der Waals surface area contributed by atoms with Crippen LogP contribution >= 0.6 is 0 Å². The summed E-state index contributed by atoms with van der Waals surface area (Å²) in [5.74, 6) is -0.994. The van der Waals surface area contributed by atoms with Crippen LogP contribution < -0.4 is 14.1 Å². The van der Waals surface area contributed by atoms with E-state index < -0.39 is 25.8 Å². The number of hydrogen-bond acceptors (Lipinski definition) is 9. The number of amides is 2. The number of ether oxygens (including phenoxy) is 1. The van der Waals surface area contributed by atoms with E-state index in [9.17, 15) is 14.0 Å².